The molecule has 1 atom stereocenters. The van der Waals surface area contributed by atoms with Gasteiger partial charge in [0.05, 0.1) is 6.04 Å². The predicted octanol–water partition coefficient (Wildman–Crippen LogP) is 2.77. The van der Waals surface area contributed by atoms with Crippen LogP contribution in [-0.4, -0.2) is 11.8 Å². The molecule has 1 rings (SSSR count). The number of benzene rings is 1. The molecule has 1 aromatic carbocycles. The Balaban J connectivity index is 2.69. The van der Waals surface area contributed by atoms with Gasteiger partial charge in [-0.3, -0.25) is 4.79 Å². The molecule has 16 heavy (non-hydrogen) atoms. The number of alkyl halides is 1. The molecule has 1 aromatic rings. The van der Waals surface area contributed by atoms with Gasteiger partial charge >= 0.3 is 0 Å². The molecule has 0 bridgehead atoms. The third-order valence-electron chi connectivity index (χ3n) is 2.14. The van der Waals surface area contributed by atoms with E-state index in [1.165, 1.54) is 6.07 Å². The lowest BCUT2D eigenvalue weighted by atomic mass is 10.1. The highest BCUT2D eigenvalue weighted by atomic mass is 35.5. The summed E-state index contributed by atoms with van der Waals surface area (Å²) in [6.07, 6.45) is 0.204. The van der Waals surface area contributed by atoms with Gasteiger partial charge in [-0.25, -0.2) is 8.78 Å². The average Bonchev–Trinajstić information content (AvgIpc) is 2.22. The second-order valence-corrected chi connectivity index (χ2v) is 3.78. The van der Waals surface area contributed by atoms with E-state index >= 15 is 0 Å². The van der Waals surface area contributed by atoms with Crippen molar-refractivity contribution in [1.82, 2.24) is 5.32 Å². The second-order valence-electron chi connectivity index (χ2n) is 3.40. The Bertz CT molecular complexity index is 384. The Morgan fingerprint density at radius 3 is 2.69 bits per heavy atom. The van der Waals surface area contributed by atoms with Crippen molar-refractivity contribution < 1.29 is 13.6 Å². The standard InChI is InChI=1S/C11H12ClF2NO/c1-7(15-11(16)4-5-12)8-2-3-9(13)10(14)6-8/h2-3,6-7H,4-5H2,1H3,(H,15,16). The first-order chi connectivity index (χ1) is 7.54. The van der Waals surface area contributed by atoms with Gasteiger partial charge in [-0.2, -0.15) is 0 Å². The van der Waals surface area contributed by atoms with Crippen LogP contribution in [0.2, 0.25) is 0 Å². The first-order valence-electron chi connectivity index (χ1n) is 4.85. The zero-order valence-corrected chi connectivity index (χ0v) is 9.52. The van der Waals surface area contributed by atoms with E-state index in [1.807, 2.05) is 0 Å². The van der Waals surface area contributed by atoms with Gasteiger partial charge in [-0.05, 0) is 24.6 Å². The van der Waals surface area contributed by atoms with Crippen molar-refractivity contribution in [1.29, 1.82) is 0 Å². The van der Waals surface area contributed by atoms with Gasteiger partial charge in [0.25, 0.3) is 0 Å². The first-order valence-corrected chi connectivity index (χ1v) is 5.38. The molecular weight excluding hydrogens is 236 g/mol. The maximum atomic E-state index is 12.9. The van der Waals surface area contributed by atoms with Crippen LogP contribution in [0.15, 0.2) is 18.2 Å². The van der Waals surface area contributed by atoms with Gasteiger partial charge < -0.3 is 5.32 Å². The van der Waals surface area contributed by atoms with E-state index in [9.17, 15) is 13.6 Å². The molecule has 0 saturated heterocycles. The van der Waals surface area contributed by atoms with Crippen molar-refractivity contribution in [3.8, 4) is 0 Å². The van der Waals surface area contributed by atoms with Crippen molar-refractivity contribution in [2.24, 2.45) is 0 Å². The molecule has 1 unspecified atom stereocenters. The summed E-state index contributed by atoms with van der Waals surface area (Å²) in [5.41, 5.74) is 0.516. The minimum atomic E-state index is -0.920. The molecule has 0 saturated carbocycles. The minimum absolute atomic E-state index is 0.204. The number of hydrogen-bond donors (Lipinski definition) is 1. The first kappa shape index (κ1) is 12.9. The van der Waals surface area contributed by atoms with Crippen molar-refractivity contribution in [3.05, 3.63) is 35.4 Å². The van der Waals surface area contributed by atoms with E-state index in [1.54, 1.807) is 6.92 Å². The van der Waals surface area contributed by atoms with Gasteiger partial charge in [-0.1, -0.05) is 6.07 Å². The third-order valence-corrected chi connectivity index (χ3v) is 2.33. The van der Waals surface area contributed by atoms with E-state index in [0.29, 0.717) is 5.56 Å². The van der Waals surface area contributed by atoms with E-state index in [-0.39, 0.29) is 24.2 Å². The van der Waals surface area contributed by atoms with Crippen LogP contribution >= 0.6 is 11.6 Å². The highest BCUT2D eigenvalue weighted by molar-refractivity contribution is 6.18. The Kier molecular flexibility index (Phi) is 4.68. The van der Waals surface area contributed by atoms with Crippen LogP contribution in [0.25, 0.3) is 0 Å². The van der Waals surface area contributed by atoms with Crippen LogP contribution < -0.4 is 5.32 Å². The molecule has 0 aromatic heterocycles. The van der Waals surface area contributed by atoms with Gasteiger partial charge in [0.15, 0.2) is 11.6 Å². The average molecular weight is 248 g/mol. The summed E-state index contributed by atoms with van der Waals surface area (Å²) in [4.78, 5) is 11.2. The van der Waals surface area contributed by atoms with Crippen LogP contribution in [0.4, 0.5) is 8.78 Å². The maximum Gasteiger partial charge on any atom is 0.221 e. The molecule has 1 N–H and O–H groups in total. The molecule has 88 valence electrons. The zero-order valence-electron chi connectivity index (χ0n) is 8.77. The van der Waals surface area contributed by atoms with Crippen molar-refractivity contribution in [3.63, 3.8) is 0 Å². The molecular formula is C11H12ClF2NO. The lowest BCUT2D eigenvalue weighted by Crippen LogP contribution is -2.26. The number of carbonyl (C=O) groups is 1. The summed E-state index contributed by atoms with van der Waals surface area (Å²) in [5, 5.41) is 2.63. The number of carbonyl (C=O) groups excluding carboxylic acids is 1. The van der Waals surface area contributed by atoms with Crippen LogP contribution in [0.3, 0.4) is 0 Å². The van der Waals surface area contributed by atoms with Crippen LogP contribution in [-0.2, 0) is 4.79 Å². The summed E-state index contributed by atoms with van der Waals surface area (Å²) < 4.78 is 25.6. The number of hydrogen-bond acceptors (Lipinski definition) is 1. The topological polar surface area (TPSA) is 29.1 Å². The van der Waals surface area contributed by atoms with E-state index in [0.717, 1.165) is 12.1 Å². The van der Waals surface area contributed by atoms with E-state index < -0.39 is 11.6 Å². The number of amides is 1. The number of nitrogens with one attached hydrogen (secondary N) is 1. The summed E-state index contributed by atoms with van der Waals surface area (Å²) in [6, 6.07) is 3.17. The lowest BCUT2D eigenvalue weighted by Gasteiger charge is -2.14. The number of rotatable bonds is 4. The smallest absolute Gasteiger partial charge is 0.221 e. The second kappa shape index (κ2) is 5.80. The van der Waals surface area contributed by atoms with Gasteiger partial charge in [0, 0.05) is 12.3 Å². The zero-order chi connectivity index (χ0) is 12.1. The van der Waals surface area contributed by atoms with Gasteiger partial charge in [0.2, 0.25) is 5.91 Å². The van der Waals surface area contributed by atoms with Crippen molar-refractivity contribution in [2.45, 2.75) is 19.4 Å². The molecule has 2 nitrogen and oxygen atoms in total. The van der Waals surface area contributed by atoms with Crippen LogP contribution in [0.1, 0.15) is 24.9 Å². The molecule has 0 aliphatic carbocycles. The predicted molar refractivity (Wildman–Crippen MR) is 58.3 cm³/mol. The molecule has 5 heteroatoms. The summed E-state index contributed by atoms with van der Waals surface area (Å²) in [5.74, 6) is -1.80. The summed E-state index contributed by atoms with van der Waals surface area (Å²) in [6.45, 7) is 1.69. The number of halogens is 3. The molecule has 1 amide bonds. The fraction of sp³-hybridized carbons (Fsp3) is 0.364. The van der Waals surface area contributed by atoms with Gasteiger partial charge in [0.1, 0.15) is 0 Å². The molecule has 0 spiro atoms. The lowest BCUT2D eigenvalue weighted by molar-refractivity contribution is -0.121. The van der Waals surface area contributed by atoms with Crippen molar-refractivity contribution in [2.75, 3.05) is 5.88 Å². The monoisotopic (exact) mass is 247 g/mol. The molecule has 0 fully saturated rings. The summed E-state index contributed by atoms with van der Waals surface area (Å²) in [7, 11) is 0. The SMILES string of the molecule is CC(NC(=O)CCCl)c1ccc(F)c(F)c1. The Morgan fingerprint density at radius 1 is 1.44 bits per heavy atom. The normalized spacial score (nSPS) is 12.2. The quantitative estimate of drug-likeness (QED) is 0.815. The Labute approximate surface area is 97.6 Å². The van der Waals surface area contributed by atoms with Crippen LogP contribution in [0.5, 0.6) is 0 Å². The Hall–Kier alpha value is -1.16. The van der Waals surface area contributed by atoms with E-state index in [4.69, 9.17) is 11.6 Å². The molecule has 0 radical (unpaired) electrons. The molecule has 0 aliphatic heterocycles. The highest BCUT2D eigenvalue weighted by Crippen LogP contribution is 2.15. The summed E-state index contributed by atoms with van der Waals surface area (Å²) >= 11 is 5.40. The molecule has 0 aliphatic rings. The van der Waals surface area contributed by atoms with Gasteiger partial charge in [-0.15, -0.1) is 11.6 Å². The van der Waals surface area contributed by atoms with Crippen molar-refractivity contribution >= 4 is 17.5 Å². The minimum Gasteiger partial charge on any atom is -0.350 e. The Morgan fingerprint density at radius 2 is 2.12 bits per heavy atom. The largest absolute Gasteiger partial charge is 0.350 e. The maximum absolute atomic E-state index is 12.9. The van der Waals surface area contributed by atoms with E-state index in [2.05, 4.69) is 5.32 Å². The van der Waals surface area contributed by atoms with Crippen LogP contribution in [0, 0.1) is 11.6 Å². The highest BCUT2D eigenvalue weighted by Gasteiger charge is 2.11. The third kappa shape index (κ3) is 3.45. The molecule has 0 heterocycles. The fourth-order valence-electron chi connectivity index (χ4n) is 1.26. The fourth-order valence-corrected chi connectivity index (χ4v) is 1.44.